The Balaban J connectivity index is 2.17. The van der Waals surface area contributed by atoms with Crippen LogP contribution in [0.15, 0.2) is 24.3 Å². The van der Waals surface area contributed by atoms with Crippen molar-refractivity contribution in [3.05, 3.63) is 30.1 Å². The highest BCUT2D eigenvalue weighted by Gasteiger charge is 2.13. The van der Waals surface area contributed by atoms with Crippen LogP contribution in [-0.4, -0.2) is 28.0 Å². The van der Waals surface area contributed by atoms with E-state index >= 15 is 0 Å². The summed E-state index contributed by atoms with van der Waals surface area (Å²) in [5.74, 6) is 0.864. The van der Waals surface area contributed by atoms with Gasteiger partial charge >= 0.3 is 0 Å². The van der Waals surface area contributed by atoms with Gasteiger partial charge in [-0.2, -0.15) is 0 Å². The molecular formula is C15H22N4O. The van der Waals surface area contributed by atoms with Crippen LogP contribution in [0.25, 0.3) is 11.0 Å². The van der Waals surface area contributed by atoms with E-state index < -0.39 is 6.04 Å². The molecule has 0 aliphatic carbocycles. The first-order chi connectivity index (χ1) is 9.50. The number of nitrogens with one attached hydrogen (secondary N) is 1. The Kier molecular flexibility index (Phi) is 4.39. The summed E-state index contributed by atoms with van der Waals surface area (Å²) in [4.78, 5) is 16.1. The summed E-state index contributed by atoms with van der Waals surface area (Å²) < 4.78 is 2.22. The smallest absolute Gasteiger partial charge is 0.236 e. The minimum atomic E-state index is -0.473. The molecule has 1 aromatic carbocycles. The zero-order valence-electron chi connectivity index (χ0n) is 12.3. The Hall–Kier alpha value is -1.88. The van der Waals surface area contributed by atoms with E-state index in [9.17, 15) is 4.79 Å². The van der Waals surface area contributed by atoms with Crippen molar-refractivity contribution in [1.29, 1.82) is 0 Å². The molecule has 1 heterocycles. The highest BCUT2D eigenvalue weighted by atomic mass is 16.2. The molecule has 0 bridgehead atoms. The van der Waals surface area contributed by atoms with Crippen LogP contribution in [0.3, 0.4) is 0 Å². The molecule has 1 atom stereocenters. The van der Waals surface area contributed by atoms with Gasteiger partial charge in [0.2, 0.25) is 5.91 Å². The highest BCUT2D eigenvalue weighted by molar-refractivity contribution is 5.81. The Morgan fingerprint density at radius 2 is 2.05 bits per heavy atom. The van der Waals surface area contributed by atoms with Crippen LogP contribution < -0.4 is 11.1 Å². The number of hydrogen-bond acceptors (Lipinski definition) is 3. The Morgan fingerprint density at radius 3 is 2.70 bits per heavy atom. The first-order valence-corrected chi connectivity index (χ1v) is 7.00. The third kappa shape index (κ3) is 2.99. The van der Waals surface area contributed by atoms with E-state index in [1.165, 1.54) is 0 Å². The van der Waals surface area contributed by atoms with Gasteiger partial charge in [-0.1, -0.05) is 12.1 Å². The molecule has 0 aliphatic heterocycles. The quantitative estimate of drug-likeness (QED) is 0.870. The number of fused-ring (bicyclic) bond motifs is 1. The van der Waals surface area contributed by atoms with Gasteiger partial charge in [0.25, 0.3) is 0 Å². The molecule has 0 spiro atoms. The minimum absolute atomic E-state index is 0.128. The number of carbonyl (C=O) groups is 1. The first-order valence-electron chi connectivity index (χ1n) is 7.00. The fourth-order valence-corrected chi connectivity index (χ4v) is 2.31. The van der Waals surface area contributed by atoms with Crippen LogP contribution in [-0.2, 0) is 11.2 Å². The van der Waals surface area contributed by atoms with E-state index in [2.05, 4.69) is 34.8 Å². The van der Waals surface area contributed by atoms with Crippen LogP contribution in [0.2, 0.25) is 0 Å². The first kappa shape index (κ1) is 14.5. The number of aromatic nitrogens is 2. The number of nitrogens with two attached hydrogens (primary N) is 1. The molecule has 108 valence electrons. The molecule has 5 nitrogen and oxygen atoms in total. The normalized spacial score (nSPS) is 12.8. The van der Waals surface area contributed by atoms with Crippen molar-refractivity contribution in [3.63, 3.8) is 0 Å². The van der Waals surface area contributed by atoms with Gasteiger partial charge in [-0.15, -0.1) is 0 Å². The number of benzene rings is 1. The van der Waals surface area contributed by atoms with E-state index in [1.807, 2.05) is 18.2 Å². The third-order valence-corrected chi connectivity index (χ3v) is 3.25. The van der Waals surface area contributed by atoms with Crippen molar-refractivity contribution >= 4 is 16.9 Å². The van der Waals surface area contributed by atoms with Gasteiger partial charge in [-0.25, -0.2) is 4.98 Å². The van der Waals surface area contributed by atoms with Gasteiger partial charge in [-0.05, 0) is 32.9 Å². The maximum Gasteiger partial charge on any atom is 0.236 e. The lowest BCUT2D eigenvalue weighted by atomic mass is 10.3. The summed E-state index contributed by atoms with van der Waals surface area (Å²) in [5, 5.41) is 2.82. The van der Waals surface area contributed by atoms with Gasteiger partial charge in [-0.3, -0.25) is 4.79 Å². The summed E-state index contributed by atoms with van der Waals surface area (Å²) in [5.41, 5.74) is 7.65. The van der Waals surface area contributed by atoms with Crippen LogP contribution >= 0.6 is 0 Å². The molecular weight excluding hydrogens is 252 g/mol. The van der Waals surface area contributed by atoms with Gasteiger partial charge in [0.05, 0.1) is 17.1 Å². The number of nitrogens with zero attached hydrogens (tertiary/aromatic N) is 2. The molecule has 2 rings (SSSR count). The van der Waals surface area contributed by atoms with E-state index in [1.54, 1.807) is 6.92 Å². The van der Waals surface area contributed by atoms with Gasteiger partial charge in [0, 0.05) is 19.0 Å². The van der Waals surface area contributed by atoms with Crippen LogP contribution in [0.4, 0.5) is 0 Å². The minimum Gasteiger partial charge on any atom is -0.354 e. The van der Waals surface area contributed by atoms with Crippen molar-refractivity contribution in [2.45, 2.75) is 39.3 Å². The van der Waals surface area contributed by atoms with E-state index in [4.69, 9.17) is 5.73 Å². The predicted octanol–water partition coefficient (Wildman–Crippen LogP) is 1.62. The molecule has 1 amide bonds. The van der Waals surface area contributed by atoms with Crippen LogP contribution in [0.5, 0.6) is 0 Å². The van der Waals surface area contributed by atoms with Crippen molar-refractivity contribution < 1.29 is 4.79 Å². The second-order valence-electron chi connectivity index (χ2n) is 5.31. The molecule has 0 saturated carbocycles. The monoisotopic (exact) mass is 274 g/mol. The summed E-state index contributed by atoms with van der Waals surface area (Å²) in [6.45, 7) is 6.51. The Bertz CT molecular complexity index is 601. The van der Waals surface area contributed by atoms with Crippen molar-refractivity contribution in [3.8, 4) is 0 Å². The second kappa shape index (κ2) is 6.05. The number of para-hydroxylation sites is 2. The Labute approximate surface area is 119 Å². The SMILES string of the molecule is CC(C)n1c(CCNC(=O)[C@@H](C)N)nc2ccccc21. The lowest BCUT2D eigenvalue weighted by Gasteiger charge is -2.13. The second-order valence-corrected chi connectivity index (χ2v) is 5.31. The molecule has 1 aromatic heterocycles. The lowest BCUT2D eigenvalue weighted by Crippen LogP contribution is -2.39. The third-order valence-electron chi connectivity index (χ3n) is 3.25. The largest absolute Gasteiger partial charge is 0.354 e. The van der Waals surface area contributed by atoms with Crippen LogP contribution in [0.1, 0.15) is 32.6 Å². The van der Waals surface area contributed by atoms with Crippen molar-refractivity contribution in [1.82, 2.24) is 14.9 Å². The average Bonchev–Trinajstić information content (AvgIpc) is 2.76. The number of amides is 1. The fraction of sp³-hybridized carbons (Fsp3) is 0.467. The van der Waals surface area contributed by atoms with E-state index in [-0.39, 0.29) is 5.91 Å². The summed E-state index contributed by atoms with van der Waals surface area (Å²) >= 11 is 0. The van der Waals surface area contributed by atoms with E-state index in [0.717, 1.165) is 16.9 Å². The molecule has 0 saturated heterocycles. The number of rotatable bonds is 5. The molecule has 20 heavy (non-hydrogen) atoms. The summed E-state index contributed by atoms with van der Waals surface area (Å²) in [6, 6.07) is 7.96. The Morgan fingerprint density at radius 1 is 1.35 bits per heavy atom. The van der Waals surface area contributed by atoms with Gasteiger partial charge in [0.1, 0.15) is 5.82 Å². The highest BCUT2D eigenvalue weighted by Crippen LogP contribution is 2.20. The molecule has 3 N–H and O–H groups in total. The lowest BCUT2D eigenvalue weighted by molar-refractivity contribution is -0.121. The maximum absolute atomic E-state index is 11.5. The zero-order chi connectivity index (χ0) is 14.7. The topological polar surface area (TPSA) is 72.9 Å². The average molecular weight is 274 g/mol. The number of carbonyl (C=O) groups excluding carboxylic acids is 1. The van der Waals surface area contributed by atoms with Gasteiger partial charge < -0.3 is 15.6 Å². The molecule has 0 aliphatic rings. The standard InChI is InChI=1S/C15H22N4O/c1-10(2)19-13-7-5-4-6-12(13)18-14(19)8-9-17-15(20)11(3)16/h4-7,10-11H,8-9,16H2,1-3H3,(H,17,20)/t11-/m1/s1. The molecule has 0 unspecified atom stereocenters. The number of hydrogen-bond donors (Lipinski definition) is 2. The molecule has 0 fully saturated rings. The molecule has 5 heteroatoms. The molecule has 0 radical (unpaired) electrons. The van der Waals surface area contributed by atoms with E-state index in [0.29, 0.717) is 19.0 Å². The van der Waals surface area contributed by atoms with Crippen molar-refractivity contribution in [2.24, 2.45) is 5.73 Å². The maximum atomic E-state index is 11.5. The summed E-state index contributed by atoms with van der Waals surface area (Å²) in [7, 11) is 0. The van der Waals surface area contributed by atoms with Gasteiger partial charge in [0.15, 0.2) is 0 Å². The van der Waals surface area contributed by atoms with Crippen LogP contribution in [0, 0.1) is 0 Å². The predicted molar refractivity (Wildman–Crippen MR) is 80.5 cm³/mol. The van der Waals surface area contributed by atoms with Crippen molar-refractivity contribution in [2.75, 3.05) is 6.54 Å². The number of imidazole rings is 1. The summed E-state index contributed by atoms with van der Waals surface area (Å²) in [6.07, 6.45) is 0.700. The fourth-order valence-electron chi connectivity index (χ4n) is 2.31. The zero-order valence-corrected chi connectivity index (χ0v) is 12.3. The molecule has 2 aromatic rings.